The van der Waals surface area contributed by atoms with Gasteiger partial charge in [-0.25, -0.2) is 0 Å². The Balaban J connectivity index is 1.91. The highest BCUT2D eigenvalue weighted by molar-refractivity contribution is 9.10. The molecule has 1 aromatic rings. The van der Waals surface area contributed by atoms with Crippen LogP contribution >= 0.6 is 15.9 Å². The number of benzene rings is 1. The van der Waals surface area contributed by atoms with Crippen LogP contribution in [0.1, 0.15) is 44.2 Å². The fourth-order valence-corrected chi connectivity index (χ4v) is 2.99. The molecule has 0 saturated heterocycles. The molecular formula is C15H21BrN2O. The van der Waals surface area contributed by atoms with Gasteiger partial charge in [-0.15, -0.1) is 0 Å². The van der Waals surface area contributed by atoms with Crippen LogP contribution in [0.25, 0.3) is 0 Å². The smallest absolute Gasteiger partial charge is 0.223 e. The van der Waals surface area contributed by atoms with Gasteiger partial charge >= 0.3 is 0 Å². The van der Waals surface area contributed by atoms with E-state index in [0.29, 0.717) is 0 Å². The zero-order valence-corrected chi connectivity index (χ0v) is 12.8. The average Bonchev–Trinajstić information content (AvgIpc) is 2.39. The molecule has 3 nitrogen and oxygen atoms in total. The summed E-state index contributed by atoms with van der Waals surface area (Å²) in [6.45, 7) is 2.02. The van der Waals surface area contributed by atoms with Gasteiger partial charge in [-0.05, 0) is 50.3 Å². The fourth-order valence-electron chi connectivity index (χ4n) is 2.57. The first kappa shape index (κ1) is 14.5. The van der Waals surface area contributed by atoms with Gasteiger partial charge in [-0.3, -0.25) is 4.79 Å². The Morgan fingerprint density at radius 1 is 1.37 bits per heavy atom. The van der Waals surface area contributed by atoms with Gasteiger partial charge in [0.15, 0.2) is 0 Å². The maximum atomic E-state index is 12.2. The van der Waals surface area contributed by atoms with Gasteiger partial charge < -0.3 is 11.1 Å². The Labute approximate surface area is 123 Å². The van der Waals surface area contributed by atoms with Crippen molar-refractivity contribution in [2.24, 2.45) is 11.7 Å². The predicted molar refractivity (Wildman–Crippen MR) is 80.6 cm³/mol. The van der Waals surface area contributed by atoms with Crippen molar-refractivity contribution in [3.63, 3.8) is 0 Å². The van der Waals surface area contributed by atoms with Crippen LogP contribution in [0.2, 0.25) is 0 Å². The summed E-state index contributed by atoms with van der Waals surface area (Å²) in [6, 6.07) is 8.38. The number of hydrogen-bond donors (Lipinski definition) is 2. The summed E-state index contributed by atoms with van der Waals surface area (Å²) in [6.07, 6.45) is 3.75. The molecule has 3 N–H and O–H groups in total. The van der Waals surface area contributed by atoms with E-state index in [0.717, 1.165) is 35.7 Å². The van der Waals surface area contributed by atoms with E-state index in [1.54, 1.807) is 0 Å². The lowest BCUT2D eigenvalue weighted by Gasteiger charge is -2.26. The van der Waals surface area contributed by atoms with Crippen LogP contribution in [0, 0.1) is 5.92 Å². The Kier molecular flexibility index (Phi) is 4.99. The highest BCUT2D eigenvalue weighted by Crippen LogP contribution is 2.25. The molecule has 1 aromatic carbocycles. The number of rotatable bonds is 3. The highest BCUT2D eigenvalue weighted by atomic mass is 79.9. The lowest BCUT2D eigenvalue weighted by Crippen LogP contribution is -2.37. The van der Waals surface area contributed by atoms with E-state index >= 15 is 0 Å². The number of carbonyl (C=O) groups is 1. The van der Waals surface area contributed by atoms with Crippen LogP contribution in [0.15, 0.2) is 28.7 Å². The molecule has 1 aliphatic carbocycles. The largest absolute Gasteiger partial charge is 0.349 e. The van der Waals surface area contributed by atoms with Crippen molar-refractivity contribution in [3.8, 4) is 0 Å². The van der Waals surface area contributed by atoms with Gasteiger partial charge in [0.2, 0.25) is 5.91 Å². The Hall–Kier alpha value is -0.870. The minimum Gasteiger partial charge on any atom is -0.349 e. The van der Waals surface area contributed by atoms with Crippen molar-refractivity contribution in [3.05, 3.63) is 34.3 Å². The van der Waals surface area contributed by atoms with Gasteiger partial charge in [-0.2, -0.15) is 0 Å². The van der Waals surface area contributed by atoms with Crippen LogP contribution in [0.4, 0.5) is 0 Å². The molecule has 0 aliphatic heterocycles. The van der Waals surface area contributed by atoms with E-state index in [-0.39, 0.29) is 23.9 Å². The third kappa shape index (κ3) is 4.05. The van der Waals surface area contributed by atoms with Crippen molar-refractivity contribution in [1.29, 1.82) is 0 Å². The fraction of sp³-hybridized carbons (Fsp3) is 0.533. The highest BCUT2D eigenvalue weighted by Gasteiger charge is 2.25. The van der Waals surface area contributed by atoms with Crippen LogP contribution < -0.4 is 11.1 Å². The van der Waals surface area contributed by atoms with E-state index < -0.39 is 0 Å². The summed E-state index contributed by atoms with van der Waals surface area (Å²) in [5.41, 5.74) is 6.99. The summed E-state index contributed by atoms with van der Waals surface area (Å²) in [5, 5.41) is 3.11. The normalized spacial score (nSPS) is 24.8. The van der Waals surface area contributed by atoms with Gasteiger partial charge in [0.1, 0.15) is 0 Å². The molecule has 104 valence electrons. The van der Waals surface area contributed by atoms with Gasteiger partial charge in [0, 0.05) is 16.4 Å². The van der Waals surface area contributed by atoms with Crippen molar-refractivity contribution in [1.82, 2.24) is 5.32 Å². The Bertz CT molecular complexity index is 442. The molecule has 0 unspecified atom stereocenters. The van der Waals surface area contributed by atoms with Gasteiger partial charge in [0.05, 0.1) is 6.04 Å². The molecule has 1 fully saturated rings. The monoisotopic (exact) mass is 324 g/mol. The second-order valence-corrected chi connectivity index (χ2v) is 6.31. The summed E-state index contributed by atoms with van der Waals surface area (Å²) in [4.78, 5) is 12.2. The number of nitrogens with one attached hydrogen (secondary N) is 1. The van der Waals surface area contributed by atoms with Gasteiger partial charge in [0.25, 0.3) is 0 Å². The number of nitrogens with two attached hydrogens (primary N) is 1. The first-order valence-corrected chi connectivity index (χ1v) is 7.67. The molecule has 0 heterocycles. The third-order valence-corrected chi connectivity index (χ3v) is 4.34. The minimum atomic E-state index is 0.0422. The first-order valence-electron chi connectivity index (χ1n) is 6.87. The zero-order chi connectivity index (χ0) is 13.8. The van der Waals surface area contributed by atoms with E-state index in [4.69, 9.17) is 5.73 Å². The predicted octanol–water partition coefficient (Wildman–Crippen LogP) is 3.14. The lowest BCUT2D eigenvalue weighted by atomic mass is 9.85. The van der Waals surface area contributed by atoms with Crippen molar-refractivity contribution in [2.75, 3.05) is 0 Å². The molecule has 1 aliphatic rings. The molecule has 0 radical (unpaired) electrons. The van der Waals surface area contributed by atoms with E-state index in [9.17, 15) is 4.79 Å². The second-order valence-electron chi connectivity index (χ2n) is 5.40. The number of amides is 1. The molecule has 0 bridgehead atoms. The van der Waals surface area contributed by atoms with Crippen molar-refractivity contribution < 1.29 is 4.79 Å². The molecular weight excluding hydrogens is 304 g/mol. The molecule has 2 rings (SSSR count). The van der Waals surface area contributed by atoms with E-state index in [1.165, 1.54) is 0 Å². The van der Waals surface area contributed by atoms with Crippen LogP contribution in [-0.2, 0) is 4.79 Å². The number of halogens is 1. The lowest BCUT2D eigenvalue weighted by molar-refractivity contribution is -0.126. The molecule has 0 aromatic heterocycles. The third-order valence-electron chi connectivity index (χ3n) is 3.85. The maximum absolute atomic E-state index is 12.2. The SMILES string of the molecule is C[C@@H](NC(=O)C1CCC(N)CC1)c1cccc(Br)c1. The maximum Gasteiger partial charge on any atom is 0.223 e. The summed E-state index contributed by atoms with van der Waals surface area (Å²) >= 11 is 3.45. The average molecular weight is 325 g/mol. The summed E-state index contributed by atoms with van der Waals surface area (Å²) in [5.74, 6) is 0.300. The Morgan fingerprint density at radius 3 is 2.68 bits per heavy atom. The zero-order valence-electron chi connectivity index (χ0n) is 11.2. The quantitative estimate of drug-likeness (QED) is 0.897. The molecule has 1 saturated carbocycles. The Morgan fingerprint density at radius 2 is 2.05 bits per heavy atom. The van der Waals surface area contributed by atoms with Crippen molar-refractivity contribution in [2.45, 2.75) is 44.7 Å². The van der Waals surface area contributed by atoms with Crippen LogP contribution in [-0.4, -0.2) is 11.9 Å². The minimum absolute atomic E-state index is 0.0422. The number of carbonyl (C=O) groups excluding carboxylic acids is 1. The molecule has 1 atom stereocenters. The molecule has 1 amide bonds. The van der Waals surface area contributed by atoms with Crippen LogP contribution in [0.5, 0.6) is 0 Å². The topological polar surface area (TPSA) is 55.1 Å². The van der Waals surface area contributed by atoms with Gasteiger partial charge in [-0.1, -0.05) is 28.1 Å². The summed E-state index contributed by atoms with van der Waals surface area (Å²) in [7, 11) is 0. The van der Waals surface area contributed by atoms with Crippen molar-refractivity contribution >= 4 is 21.8 Å². The standard InChI is InChI=1S/C15H21BrN2O/c1-10(12-3-2-4-13(16)9-12)18-15(19)11-5-7-14(17)8-6-11/h2-4,9-11,14H,5-8,17H2,1H3,(H,18,19)/t10-,11?,14?/m1/s1. The molecule has 19 heavy (non-hydrogen) atoms. The first-order chi connectivity index (χ1) is 9.06. The van der Waals surface area contributed by atoms with Crippen LogP contribution in [0.3, 0.4) is 0 Å². The summed E-state index contributed by atoms with van der Waals surface area (Å²) < 4.78 is 1.04. The van der Waals surface area contributed by atoms with E-state index in [2.05, 4.69) is 21.2 Å². The van der Waals surface area contributed by atoms with E-state index in [1.807, 2.05) is 31.2 Å². The number of hydrogen-bond acceptors (Lipinski definition) is 2. The molecule has 0 spiro atoms. The second kappa shape index (κ2) is 6.53. The molecule has 4 heteroatoms.